The predicted molar refractivity (Wildman–Crippen MR) is 123 cm³/mol. The van der Waals surface area contributed by atoms with Crippen molar-refractivity contribution in [1.29, 1.82) is 0 Å². The van der Waals surface area contributed by atoms with E-state index in [4.69, 9.17) is 14.2 Å². The van der Waals surface area contributed by atoms with Crippen molar-refractivity contribution in [1.82, 2.24) is 0 Å². The Balaban J connectivity index is 1.63. The van der Waals surface area contributed by atoms with Gasteiger partial charge < -0.3 is 14.2 Å². The van der Waals surface area contributed by atoms with Crippen LogP contribution in [0.1, 0.15) is 92.9 Å². The van der Waals surface area contributed by atoms with Gasteiger partial charge in [-0.2, -0.15) is 0 Å². The van der Waals surface area contributed by atoms with Crippen molar-refractivity contribution in [2.24, 2.45) is 40.4 Å². The second-order valence-electron chi connectivity index (χ2n) is 11.9. The van der Waals surface area contributed by atoms with E-state index in [0.29, 0.717) is 23.7 Å². The van der Waals surface area contributed by atoms with Crippen LogP contribution in [0.4, 0.5) is 0 Å². The molecule has 0 spiro atoms. The summed E-state index contributed by atoms with van der Waals surface area (Å²) in [7, 11) is 0. The normalized spacial score (nSPS) is 45.1. The minimum absolute atomic E-state index is 0.00566. The van der Waals surface area contributed by atoms with E-state index in [-0.39, 0.29) is 53.0 Å². The largest absolute Gasteiger partial charge is 0.463 e. The van der Waals surface area contributed by atoms with E-state index in [0.717, 1.165) is 51.4 Å². The van der Waals surface area contributed by atoms with Crippen molar-refractivity contribution in [2.75, 3.05) is 0 Å². The number of rotatable bonds is 4. The molecular weight excluding hydrogens is 420 g/mol. The number of carbonyl (C=O) groups is 3. The Hall–Kier alpha value is -1.59. The summed E-state index contributed by atoms with van der Waals surface area (Å²) in [5.74, 6) is 1.55. The summed E-state index contributed by atoms with van der Waals surface area (Å²) < 4.78 is 17.4. The third kappa shape index (κ3) is 4.32. The lowest BCUT2D eigenvalue weighted by molar-refractivity contribution is -0.203. The van der Waals surface area contributed by atoms with Crippen LogP contribution in [-0.4, -0.2) is 36.2 Å². The van der Waals surface area contributed by atoms with Crippen LogP contribution in [0.25, 0.3) is 0 Å². The summed E-state index contributed by atoms with van der Waals surface area (Å²) >= 11 is 0. The van der Waals surface area contributed by atoms with E-state index in [9.17, 15) is 14.4 Å². The van der Waals surface area contributed by atoms with Crippen LogP contribution in [0.3, 0.4) is 0 Å². The molecule has 4 rings (SSSR count). The third-order valence-corrected chi connectivity index (χ3v) is 10.2. The number of hydrogen-bond donors (Lipinski definition) is 0. The van der Waals surface area contributed by atoms with Crippen molar-refractivity contribution in [3.63, 3.8) is 0 Å². The predicted octanol–water partition coefficient (Wildman–Crippen LogP) is 5.07. The number of esters is 3. The molecular formula is C27H42O6. The molecule has 6 nitrogen and oxygen atoms in total. The van der Waals surface area contributed by atoms with Gasteiger partial charge in [0.15, 0.2) is 0 Å². The fourth-order valence-electron chi connectivity index (χ4n) is 9.13. The van der Waals surface area contributed by atoms with Gasteiger partial charge in [-0.1, -0.05) is 13.8 Å². The monoisotopic (exact) mass is 462 g/mol. The van der Waals surface area contributed by atoms with Gasteiger partial charge in [-0.3, -0.25) is 14.4 Å². The SMILES string of the molecule is CC(=O)OC1CCC2(C)C(CCC3C4CCC(C(C)OC(C)=O)C4(C)C[C@@H](OC(C)=O)C32)C1. The van der Waals surface area contributed by atoms with Gasteiger partial charge in [0.05, 0.1) is 0 Å². The molecule has 0 bridgehead atoms. The van der Waals surface area contributed by atoms with E-state index in [2.05, 4.69) is 13.8 Å². The molecule has 4 saturated carbocycles. The molecule has 0 aromatic heterocycles. The van der Waals surface area contributed by atoms with Crippen molar-refractivity contribution in [2.45, 2.75) is 111 Å². The molecule has 33 heavy (non-hydrogen) atoms. The Labute approximate surface area is 198 Å². The first-order chi connectivity index (χ1) is 15.5. The lowest BCUT2D eigenvalue weighted by Crippen LogP contribution is -2.60. The summed E-state index contributed by atoms with van der Waals surface area (Å²) in [6, 6.07) is 0. The van der Waals surface area contributed by atoms with E-state index in [1.54, 1.807) is 0 Å². The molecule has 0 aromatic carbocycles. The zero-order chi connectivity index (χ0) is 24.1. The summed E-state index contributed by atoms with van der Waals surface area (Å²) in [6.07, 6.45) is 7.89. The van der Waals surface area contributed by atoms with Gasteiger partial charge in [0.2, 0.25) is 0 Å². The summed E-state index contributed by atoms with van der Waals surface area (Å²) in [5.41, 5.74) is 0.0783. The van der Waals surface area contributed by atoms with Gasteiger partial charge in [-0.25, -0.2) is 0 Å². The molecule has 0 amide bonds. The Morgan fingerprint density at radius 3 is 2.18 bits per heavy atom. The quantitative estimate of drug-likeness (QED) is 0.429. The second-order valence-corrected chi connectivity index (χ2v) is 11.9. The molecule has 10 atom stereocenters. The van der Waals surface area contributed by atoms with Crippen molar-refractivity contribution in [3.05, 3.63) is 0 Å². The van der Waals surface area contributed by atoms with Gasteiger partial charge >= 0.3 is 17.9 Å². The Morgan fingerprint density at radius 2 is 1.55 bits per heavy atom. The lowest BCUT2D eigenvalue weighted by Gasteiger charge is -2.63. The minimum atomic E-state index is -0.225. The molecule has 4 aliphatic rings. The van der Waals surface area contributed by atoms with Crippen LogP contribution in [0.15, 0.2) is 0 Å². The molecule has 0 heterocycles. The van der Waals surface area contributed by atoms with Crippen LogP contribution in [0.2, 0.25) is 0 Å². The molecule has 0 aliphatic heterocycles. The van der Waals surface area contributed by atoms with Crippen LogP contribution >= 0.6 is 0 Å². The summed E-state index contributed by atoms with van der Waals surface area (Å²) in [6.45, 7) is 11.3. The average Bonchev–Trinajstić information content (AvgIpc) is 3.03. The number of carbonyl (C=O) groups excluding carboxylic acids is 3. The highest BCUT2D eigenvalue weighted by atomic mass is 16.6. The van der Waals surface area contributed by atoms with Gasteiger partial charge in [0, 0.05) is 32.6 Å². The zero-order valence-electron chi connectivity index (χ0n) is 21.2. The topological polar surface area (TPSA) is 78.9 Å². The first-order valence-corrected chi connectivity index (χ1v) is 13.0. The molecule has 4 fully saturated rings. The second kappa shape index (κ2) is 8.88. The molecule has 0 N–H and O–H groups in total. The highest BCUT2D eigenvalue weighted by molar-refractivity contribution is 5.67. The molecule has 186 valence electrons. The van der Waals surface area contributed by atoms with Gasteiger partial charge in [0.25, 0.3) is 0 Å². The van der Waals surface area contributed by atoms with E-state index >= 15 is 0 Å². The Kier molecular flexibility index (Phi) is 6.60. The molecule has 0 radical (unpaired) electrons. The fraction of sp³-hybridized carbons (Fsp3) is 0.889. The van der Waals surface area contributed by atoms with E-state index < -0.39 is 0 Å². The lowest BCUT2D eigenvalue weighted by atomic mass is 9.43. The van der Waals surface area contributed by atoms with Crippen LogP contribution in [0, 0.1) is 40.4 Å². The van der Waals surface area contributed by atoms with Crippen molar-refractivity contribution >= 4 is 17.9 Å². The van der Waals surface area contributed by atoms with Crippen molar-refractivity contribution in [3.8, 4) is 0 Å². The fourth-order valence-corrected chi connectivity index (χ4v) is 9.13. The van der Waals surface area contributed by atoms with Gasteiger partial charge in [-0.15, -0.1) is 0 Å². The molecule has 9 unspecified atom stereocenters. The van der Waals surface area contributed by atoms with Crippen LogP contribution in [0.5, 0.6) is 0 Å². The maximum atomic E-state index is 12.2. The highest BCUT2D eigenvalue weighted by Gasteiger charge is 2.65. The molecule has 6 heteroatoms. The molecule has 0 aromatic rings. The average molecular weight is 463 g/mol. The summed E-state index contributed by atoms with van der Waals surface area (Å²) in [5, 5.41) is 0. The van der Waals surface area contributed by atoms with Crippen LogP contribution < -0.4 is 0 Å². The minimum Gasteiger partial charge on any atom is -0.463 e. The van der Waals surface area contributed by atoms with Gasteiger partial charge in [-0.05, 0) is 86.9 Å². The first kappa shape index (κ1) is 24.5. The zero-order valence-corrected chi connectivity index (χ0v) is 21.2. The number of ether oxygens (including phenoxy) is 3. The Morgan fingerprint density at radius 1 is 0.848 bits per heavy atom. The molecule has 0 saturated heterocycles. The molecule has 4 aliphatic carbocycles. The van der Waals surface area contributed by atoms with Crippen LogP contribution in [-0.2, 0) is 28.6 Å². The highest BCUT2D eigenvalue weighted by Crippen LogP contribution is 2.68. The maximum Gasteiger partial charge on any atom is 0.302 e. The Bertz CT molecular complexity index is 793. The number of fused-ring (bicyclic) bond motifs is 5. The van der Waals surface area contributed by atoms with Gasteiger partial charge in [0.1, 0.15) is 18.3 Å². The van der Waals surface area contributed by atoms with E-state index in [1.807, 2.05) is 6.92 Å². The van der Waals surface area contributed by atoms with Crippen molar-refractivity contribution < 1.29 is 28.6 Å². The summed E-state index contributed by atoms with van der Waals surface area (Å²) in [4.78, 5) is 35.5. The van der Waals surface area contributed by atoms with E-state index in [1.165, 1.54) is 20.8 Å². The standard InChI is InChI=1S/C27H42O6/c1-15(31-16(2)28)22-9-10-23-21-8-7-19-13-20(32-17(3)29)11-12-26(19,5)25(21)24(33-18(4)30)14-27(22,23)6/h15,19-25H,7-14H2,1-6H3/t15?,19?,20?,21?,22?,23?,24-,25?,26?,27?/m1/s1. The smallest absolute Gasteiger partial charge is 0.302 e. The number of hydrogen-bond acceptors (Lipinski definition) is 6. The maximum absolute atomic E-state index is 12.2. The third-order valence-electron chi connectivity index (χ3n) is 10.2. The first-order valence-electron chi connectivity index (χ1n) is 13.0.